The molecule has 0 aliphatic carbocycles. The van der Waals surface area contributed by atoms with Crippen LogP contribution in [-0.2, 0) is 13.1 Å². The third-order valence-electron chi connectivity index (χ3n) is 3.43. The molecule has 0 amide bonds. The van der Waals surface area contributed by atoms with Crippen LogP contribution in [-0.4, -0.2) is 9.78 Å². The number of hydrogen-bond donors (Lipinski definition) is 1. The Morgan fingerprint density at radius 2 is 2.25 bits per heavy atom. The lowest BCUT2D eigenvalue weighted by Gasteiger charge is -2.17. The van der Waals surface area contributed by atoms with Gasteiger partial charge in [-0.25, -0.2) is 0 Å². The maximum atomic E-state index is 4.55. The summed E-state index contributed by atoms with van der Waals surface area (Å²) in [5.74, 6) is 0. The van der Waals surface area contributed by atoms with Crippen LogP contribution in [0.1, 0.15) is 49.0 Å². The fourth-order valence-corrected chi connectivity index (χ4v) is 3.64. The van der Waals surface area contributed by atoms with Gasteiger partial charge in [-0.3, -0.25) is 4.68 Å². The predicted octanol–water partition coefficient (Wildman–Crippen LogP) is 4.67. The predicted molar refractivity (Wildman–Crippen MR) is 89.1 cm³/mol. The van der Waals surface area contributed by atoms with E-state index in [2.05, 4.69) is 62.4 Å². The minimum Gasteiger partial charge on any atom is -0.304 e. The number of thiophene rings is 1. The van der Waals surface area contributed by atoms with E-state index < -0.39 is 0 Å². The van der Waals surface area contributed by atoms with Crippen LogP contribution in [0.25, 0.3) is 0 Å². The van der Waals surface area contributed by atoms with Gasteiger partial charge >= 0.3 is 0 Å². The van der Waals surface area contributed by atoms with E-state index in [9.17, 15) is 0 Å². The molecule has 2 heterocycles. The zero-order valence-corrected chi connectivity index (χ0v) is 14.7. The van der Waals surface area contributed by atoms with Crippen LogP contribution in [0.3, 0.4) is 0 Å². The van der Waals surface area contributed by atoms with Crippen molar-refractivity contribution >= 4 is 27.3 Å². The van der Waals surface area contributed by atoms with E-state index >= 15 is 0 Å². The van der Waals surface area contributed by atoms with E-state index in [1.165, 1.54) is 17.0 Å². The monoisotopic (exact) mass is 355 g/mol. The molecule has 2 aromatic rings. The fraction of sp³-hybridized carbons (Fsp3) is 0.533. The molecule has 5 heteroatoms. The summed E-state index contributed by atoms with van der Waals surface area (Å²) in [6.07, 6.45) is 2.35. The number of nitrogens with one attached hydrogen (secondary N) is 1. The molecule has 110 valence electrons. The SMILES string of the molecule is CCCC(NCc1c(Br)c(C)nn1CC)c1cccs1. The second kappa shape index (κ2) is 7.38. The van der Waals surface area contributed by atoms with Crippen LogP contribution >= 0.6 is 27.3 Å². The number of aryl methyl sites for hydroxylation is 2. The van der Waals surface area contributed by atoms with Crippen molar-refractivity contribution in [1.29, 1.82) is 0 Å². The second-order valence-electron chi connectivity index (χ2n) is 4.90. The topological polar surface area (TPSA) is 29.9 Å². The first-order chi connectivity index (χ1) is 9.67. The van der Waals surface area contributed by atoms with Gasteiger partial charge in [0.1, 0.15) is 0 Å². The molecule has 0 aromatic carbocycles. The molecule has 3 nitrogen and oxygen atoms in total. The minimum absolute atomic E-state index is 0.437. The summed E-state index contributed by atoms with van der Waals surface area (Å²) in [5, 5.41) is 10.4. The van der Waals surface area contributed by atoms with Crippen molar-refractivity contribution in [3.8, 4) is 0 Å². The van der Waals surface area contributed by atoms with Gasteiger partial charge in [0.15, 0.2) is 0 Å². The Bertz CT molecular complexity index is 534. The lowest BCUT2D eigenvalue weighted by Crippen LogP contribution is -2.22. The minimum atomic E-state index is 0.437. The Morgan fingerprint density at radius 3 is 2.85 bits per heavy atom. The molecule has 0 radical (unpaired) electrons. The largest absolute Gasteiger partial charge is 0.304 e. The van der Waals surface area contributed by atoms with E-state index in [0.717, 1.165) is 29.7 Å². The van der Waals surface area contributed by atoms with E-state index in [0.29, 0.717) is 6.04 Å². The zero-order valence-electron chi connectivity index (χ0n) is 12.3. The van der Waals surface area contributed by atoms with E-state index in [1.807, 2.05) is 18.3 Å². The number of hydrogen-bond acceptors (Lipinski definition) is 3. The Hall–Kier alpha value is -0.650. The Morgan fingerprint density at radius 1 is 1.45 bits per heavy atom. The zero-order chi connectivity index (χ0) is 14.5. The number of nitrogens with zero attached hydrogens (tertiary/aromatic N) is 2. The highest BCUT2D eigenvalue weighted by atomic mass is 79.9. The molecule has 0 saturated carbocycles. The van der Waals surface area contributed by atoms with Gasteiger partial charge < -0.3 is 5.32 Å². The van der Waals surface area contributed by atoms with Crippen LogP contribution in [0.4, 0.5) is 0 Å². The highest BCUT2D eigenvalue weighted by molar-refractivity contribution is 9.10. The fourth-order valence-electron chi connectivity index (χ4n) is 2.38. The van der Waals surface area contributed by atoms with Gasteiger partial charge in [0, 0.05) is 24.0 Å². The third-order valence-corrected chi connectivity index (χ3v) is 5.45. The van der Waals surface area contributed by atoms with Crippen LogP contribution in [0, 0.1) is 6.92 Å². The maximum Gasteiger partial charge on any atom is 0.0739 e. The van der Waals surface area contributed by atoms with E-state index in [-0.39, 0.29) is 0 Å². The number of halogens is 1. The highest BCUT2D eigenvalue weighted by Gasteiger charge is 2.15. The van der Waals surface area contributed by atoms with Crippen molar-refractivity contribution < 1.29 is 0 Å². The average molecular weight is 356 g/mol. The van der Waals surface area contributed by atoms with Crippen molar-refractivity contribution in [3.63, 3.8) is 0 Å². The van der Waals surface area contributed by atoms with Gasteiger partial charge in [-0.2, -0.15) is 5.10 Å². The van der Waals surface area contributed by atoms with Crippen molar-refractivity contribution in [3.05, 3.63) is 38.3 Å². The van der Waals surface area contributed by atoms with Gasteiger partial charge in [-0.15, -0.1) is 11.3 Å². The maximum absolute atomic E-state index is 4.55. The van der Waals surface area contributed by atoms with Crippen LogP contribution < -0.4 is 5.32 Å². The molecule has 0 bridgehead atoms. The molecule has 0 aliphatic rings. The molecule has 20 heavy (non-hydrogen) atoms. The summed E-state index contributed by atoms with van der Waals surface area (Å²) in [6, 6.07) is 4.78. The van der Waals surface area contributed by atoms with Crippen molar-refractivity contribution in [2.45, 2.75) is 52.7 Å². The molecule has 1 unspecified atom stereocenters. The first-order valence-corrected chi connectivity index (χ1v) is 8.83. The number of rotatable bonds is 7. The summed E-state index contributed by atoms with van der Waals surface area (Å²) in [5.41, 5.74) is 2.30. The summed E-state index contributed by atoms with van der Waals surface area (Å²) >= 11 is 5.49. The van der Waals surface area contributed by atoms with Gasteiger partial charge in [0.05, 0.1) is 15.9 Å². The van der Waals surface area contributed by atoms with Crippen molar-refractivity contribution in [1.82, 2.24) is 15.1 Å². The molecule has 0 saturated heterocycles. The summed E-state index contributed by atoms with van der Waals surface area (Å²) in [7, 11) is 0. The molecular formula is C15H22BrN3S. The average Bonchev–Trinajstić information content (AvgIpc) is 3.06. The van der Waals surface area contributed by atoms with Gasteiger partial charge in [-0.1, -0.05) is 19.4 Å². The van der Waals surface area contributed by atoms with Gasteiger partial charge in [0.25, 0.3) is 0 Å². The summed E-state index contributed by atoms with van der Waals surface area (Å²) in [4.78, 5) is 1.42. The lowest BCUT2D eigenvalue weighted by molar-refractivity contribution is 0.480. The Balaban J connectivity index is 2.10. The summed E-state index contributed by atoms with van der Waals surface area (Å²) in [6.45, 7) is 8.16. The molecule has 1 atom stereocenters. The number of aromatic nitrogens is 2. The Labute approximate surface area is 133 Å². The molecule has 0 spiro atoms. The quantitative estimate of drug-likeness (QED) is 0.782. The first-order valence-electron chi connectivity index (χ1n) is 7.15. The molecule has 0 fully saturated rings. The smallest absolute Gasteiger partial charge is 0.0739 e. The molecular weight excluding hydrogens is 334 g/mol. The Kier molecular flexibility index (Phi) is 5.81. The molecule has 1 N–H and O–H groups in total. The molecule has 0 aliphatic heterocycles. The third kappa shape index (κ3) is 3.51. The van der Waals surface area contributed by atoms with Crippen LogP contribution in [0.2, 0.25) is 0 Å². The van der Waals surface area contributed by atoms with Crippen molar-refractivity contribution in [2.24, 2.45) is 0 Å². The normalized spacial score (nSPS) is 12.8. The van der Waals surface area contributed by atoms with Gasteiger partial charge in [-0.05, 0) is 47.6 Å². The van der Waals surface area contributed by atoms with Gasteiger partial charge in [0.2, 0.25) is 0 Å². The van der Waals surface area contributed by atoms with E-state index in [4.69, 9.17) is 0 Å². The lowest BCUT2D eigenvalue weighted by atomic mass is 10.1. The van der Waals surface area contributed by atoms with E-state index in [1.54, 1.807) is 0 Å². The summed E-state index contributed by atoms with van der Waals surface area (Å²) < 4.78 is 3.21. The standard InChI is InChI=1S/C15H22BrN3S/c1-4-7-12(14-8-6-9-20-14)17-10-13-15(16)11(3)18-19(13)5-2/h6,8-9,12,17H,4-5,7,10H2,1-3H3. The molecule has 2 aromatic heterocycles. The second-order valence-corrected chi connectivity index (χ2v) is 6.67. The van der Waals surface area contributed by atoms with Crippen LogP contribution in [0.5, 0.6) is 0 Å². The first kappa shape index (κ1) is 15.7. The van der Waals surface area contributed by atoms with Crippen LogP contribution in [0.15, 0.2) is 22.0 Å². The van der Waals surface area contributed by atoms with Crippen molar-refractivity contribution in [2.75, 3.05) is 0 Å². The highest BCUT2D eigenvalue weighted by Crippen LogP contribution is 2.26. The molecule has 2 rings (SSSR count).